The van der Waals surface area contributed by atoms with E-state index in [1.165, 1.54) is 50.4 Å². The molecule has 1 aromatic rings. The maximum atomic E-state index is 4.30. The Labute approximate surface area is 125 Å². The molecule has 2 atom stereocenters. The summed E-state index contributed by atoms with van der Waals surface area (Å²) in [5.74, 6) is 0.844. The van der Waals surface area contributed by atoms with Crippen LogP contribution in [0.4, 0.5) is 5.00 Å². The number of fused-ring (bicyclic) bond motifs is 1. The Balaban J connectivity index is 1.60. The maximum absolute atomic E-state index is 4.30. The Morgan fingerprint density at radius 2 is 2.25 bits per heavy atom. The Morgan fingerprint density at radius 3 is 3.10 bits per heavy atom. The summed E-state index contributed by atoms with van der Waals surface area (Å²) in [6.45, 7) is 7.69. The van der Waals surface area contributed by atoms with Crippen molar-refractivity contribution in [2.45, 2.75) is 38.8 Å². The zero-order valence-corrected chi connectivity index (χ0v) is 13.3. The molecule has 6 heteroatoms. The second-order valence-electron chi connectivity index (χ2n) is 6.05. The number of anilines is 1. The van der Waals surface area contributed by atoms with Crippen LogP contribution in [0, 0.1) is 5.92 Å². The van der Waals surface area contributed by atoms with Crippen LogP contribution in [-0.4, -0.2) is 58.7 Å². The summed E-state index contributed by atoms with van der Waals surface area (Å²) < 4.78 is 4.09. The SMILES string of the molecule is CCNc1snnc1CN1CCC2C(CCCN2C)C1. The minimum absolute atomic E-state index is 0.807. The van der Waals surface area contributed by atoms with E-state index in [0.717, 1.165) is 35.7 Å². The summed E-state index contributed by atoms with van der Waals surface area (Å²) in [5, 5.41) is 8.82. The molecule has 0 aromatic carbocycles. The van der Waals surface area contributed by atoms with E-state index in [2.05, 4.69) is 38.7 Å². The van der Waals surface area contributed by atoms with Crippen LogP contribution in [-0.2, 0) is 6.54 Å². The average Bonchev–Trinajstić information content (AvgIpc) is 2.87. The zero-order valence-electron chi connectivity index (χ0n) is 12.5. The fourth-order valence-electron chi connectivity index (χ4n) is 3.69. The molecule has 3 rings (SSSR count). The van der Waals surface area contributed by atoms with Crippen molar-refractivity contribution in [2.75, 3.05) is 38.5 Å². The van der Waals surface area contributed by atoms with Gasteiger partial charge in [-0.25, -0.2) is 0 Å². The molecular formula is C14H25N5S. The van der Waals surface area contributed by atoms with E-state index in [4.69, 9.17) is 0 Å². The third kappa shape index (κ3) is 2.97. The summed E-state index contributed by atoms with van der Waals surface area (Å²) in [5.41, 5.74) is 1.12. The van der Waals surface area contributed by atoms with E-state index >= 15 is 0 Å². The standard InChI is InChI=1S/C14H25N5S/c1-3-15-14-12(16-17-20-14)10-19-8-6-13-11(9-19)5-4-7-18(13)2/h11,13,15H,3-10H2,1-2H3. The Morgan fingerprint density at radius 1 is 1.35 bits per heavy atom. The van der Waals surface area contributed by atoms with Crippen molar-refractivity contribution in [3.63, 3.8) is 0 Å². The second-order valence-corrected chi connectivity index (χ2v) is 6.81. The molecule has 0 bridgehead atoms. The number of nitrogens with zero attached hydrogens (tertiary/aromatic N) is 4. The normalized spacial score (nSPS) is 28.3. The predicted octanol–water partition coefficient (Wildman–Crippen LogP) is 1.89. The first-order valence-electron chi connectivity index (χ1n) is 7.75. The number of aromatic nitrogens is 2. The molecule has 0 spiro atoms. The number of hydrogen-bond acceptors (Lipinski definition) is 6. The lowest BCUT2D eigenvalue weighted by Gasteiger charge is -2.45. The third-order valence-electron chi connectivity index (χ3n) is 4.70. The lowest BCUT2D eigenvalue weighted by molar-refractivity contribution is 0.0351. The Kier molecular flexibility index (Phi) is 4.53. The molecule has 1 aromatic heterocycles. The van der Waals surface area contributed by atoms with Gasteiger partial charge < -0.3 is 10.2 Å². The highest BCUT2D eigenvalue weighted by atomic mass is 32.1. The van der Waals surface area contributed by atoms with E-state index in [1.54, 1.807) is 0 Å². The molecule has 1 N–H and O–H groups in total. The quantitative estimate of drug-likeness (QED) is 0.919. The van der Waals surface area contributed by atoms with E-state index in [1.807, 2.05) is 0 Å². The van der Waals surface area contributed by atoms with Crippen molar-refractivity contribution < 1.29 is 0 Å². The summed E-state index contributed by atoms with van der Waals surface area (Å²) in [4.78, 5) is 5.14. The van der Waals surface area contributed by atoms with E-state index in [0.29, 0.717) is 0 Å². The van der Waals surface area contributed by atoms with Crippen LogP contribution < -0.4 is 5.32 Å². The van der Waals surface area contributed by atoms with Crippen molar-refractivity contribution in [1.82, 2.24) is 19.4 Å². The highest BCUT2D eigenvalue weighted by Gasteiger charge is 2.34. The molecule has 2 aliphatic rings. The molecule has 2 aliphatic heterocycles. The molecule has 0 aliphatic carbocycles. The van der Waals surface area contributed by atoms with Gasteiger partial charge >= 0.3 is 0 Å². The van der Waals surface area contributed by atoms with Gasteiger partial charge in [0.1, 0.15) is 10.7 Å². The van der Waals surface area contributed by atoms with Crippen LogP contribution in [0.1, 0.15) is 31.9 Å². The lowest BCUT2D eigenvalue weighted by atomic mass is 9.84. The number of likely N-dealkylation sites (tertiary alicyclic amines) is 2. The molecule has 0 radical (unpaired) electrons. The Bertz CT molecular complexity index is 435. The fraction of sp³-hybridized carbons (Fsp3) is 0.857. The molecule has 112 valence electrons. The third-order valence-corrected chi connectivity index (χ3v) is 5.42. The minimum atomic E-state index is 0.807. The predicted molar refractivity (Wildman–Crippen MR) is 83.1 cm³/mol. The number of piperidine rings is 2. The molecule has 2 unspecified atom stereocenters. The van der Waals surface area contributed by atoms with Crippen molar-refractivity contribution in [3.05, 3.63) is 5.69 Å². The van der Waals surface area contributed by atoms with Gasteiger partial charge in [0, 0.05) is 43.8 Å². The molecular weight excluding hydrogens is 270 g/mol. The second kappa shape index (κ2) is 6.37. The zero-order chi connectivity index (χ0) is 13.9. The number of rotatable bonds is 4. The Hall–Kier alpha value is -0.720. The lowest BCUT2D eigenvalue weighted by Crippen LogP contribution is -2.52. The largest absolute Gasteiger partial charge is 0.374 e. The van der Waals surface area contributed by atoms with Gasteiger partial charge in [0.2, 0.25) is 0 Å². The van der Waals surface area contributed by atoms with Gasteiger partial charge in [0.05, 0.1) is 0 Å². The summed E-state index contributed by atoms with van der Waals surface area (Å²) in [6, 6.07) is 0.807. The smallest absolute Gasteiger partial charge is 0.134 e. The first kappa shape index (κ1) is 14.2. The van der Waals surface area contributed by atoms with Crippen LogP contribution in [0.15, 0.2) is 0 Å². The van der Waals surface area contributed by atoms with Crippen LogP contribution >= 0.6 is 11.5 Å². The van der Waals surface area contributed by atoms with Gasteiger partial charge in [-0.3, -0.25) is 4.90 Å². The molecule has 0 amide bonds. The van der Waals surface area contributed by atoms with Gasteiger partial charge in [0.25, 0.3) is 0 Å². The first-order chi connectivity index (χ1) is 9.78. The van der Waals surface area contributed by atoms with Crippen molar-refractivity contribution in [1.29, 1.82) is 0 Å². The van der Waals surface area contributed by atoms with Crippen LogP contribution in [0.3, 0.4) is 0 Å². The van der Waals surface area contributed by atoms with Crippen molar-refractivity contribution in [3.8, 4) is 0 Å². The number of hydrogen-bond donors (Lipinski definition) is 1. The monoisotopic (exact) mass is 295 g/mol. The highest BCUT2D eigenvalue weighted by molar-refractivity contribution is 7.10. The van der Waals surface area contributed by atoms with Gasteiger partial charge in [-0.1, -0.05) is 4.49 Å². The summed E-state index contributed by atoms with van der Waals surface area (Å²) >= 11 is 1.48. The van der Waals surface area contributed by atoms with Gasteiger partial charge in [-0.2, -0.15) is 0 Å². The van der Waals surface area contributed by atoms with Crippen molar-refractivity contribution >= 4 is 16.5 Å². The van der Waals surface area contributed by atoms with Gasteiger partial charge in [-0.05, 0) is 45.7 Å². The van der Waals surface area contributed by atoms with E-state index in [9.17, 15) is 0 Å². The topological polar surface area (TPSA) is 44.3 Å². The average molecular weight is 295 g/mol. The van der Waals surface area contributed by atoms with E-state index in [-0.39, 0.29) is 0 Å². The molecule has 5 nitrogen and oxygen atoms in total. The molecule has 2 fully saturated rings. The highest BCUT2D eigenvalue weighted by Crippen LogP contribution is 2.30. The van der Waals surface area contributed by atoms with Crippen LogP contribution in [0.25, 0.3) is 0 Å². The number of nitrogens with one attached hydrogen (secondary N) is 1. The summed E-state index contributed by atoms with van der Waals surface area (Å²) in [6.07, 6.45) is 4.04. The fourth-order valence-corrected chi connectivity index (χ4v) is 4.33. The van der Waals surface area contributed by atoms with Crippen LogP contribution in [0.2, 0.25) is 0 Å². The molecule has 2 saturated heterocycles. The molecule has 3 heterocycles. The molecule has 20 heavy (non-hydrogen) atoms. The summed E-state index contributed by atoms with van der Waals surface area (Å²) in [7, 11) is 2.29. The minimum Gasteiger partial charge on any atom is -0.374 e. The van der Waals surface area contributed by atoms with E-state index < -0.39 is 0 Å². The van der Waals surface area contributed by atoms with Gasteiger partial charge in [0.15, 0.2) is 0 Å². The van der Waals surface area contributed by atoms with Gasteiger partial charge in [-0.15, -0.1) is 5.10 Å². The van der Waals surface area contributed by atoms with Crippen LogP contribution in [0.5, 0.6) is 0 Å². The maximum Gasteiger partial charge on any atom is 0.134 e. The van der Waals surface area contributed by atoms with Crippen molar-refractivity contribution in [2.24, 2.45) is 5.92 Å². The molecule has 0 saturated carbocycles. The first-order valence-corrected chi connectivity index (χ1v) is 8.53.